The molecule has 33 heavy (non-hydrogen) atoms. The monoisotopic (exact) mass is 492 g/mol. The summed E-state index contributed by atoms with van der Waals surface area (Å²) in [5.74, 6) is 1.36. The molecule has 2 aliphatic rings. The third-order valence-electron chi connectivity index (χ3n) is 5.51. The fraction of sp³-hybridized carbons (Fsp3) is 0.138. The molecule has 166 valence electrons. The fourth-order valence-corrected chi connectivity index (χ4v) is 6.60. The van der Waals surface area contributed by atoms with Gasteiger partial charge in [0.2, 0.25) is 0 Å². The first-order valence-corrected chi connectivity index (χ1v) is 12.3. The van der Waals surface area contributed by atoms with Gasteiger partial charge in [-0.25, -0.2) is 0 Å². The Hall–Kier alpha value is -1.40. The van der Waals surface area contributed by atoms with Crippen LogP contribution in [0.4, 0.5) is 0 Å². The molecular weight excluding hydrogens is 463 g/mol. The number of benzene rings is 2. The van der Waals surface area contributed by atoms with E-state index in [1.165, 1.54) is 27.9 Å². The van der Waals surface area contributed by atoms with Crippen molar-refractivity contribution in [2.75, 3.05) is 0 Å². The molecule has 0 aliphatic heterocycles. The number of aromatic nitrogens is 2. The smallest absolute Gasteiger partial charge is 0.266 e. The minimum atomic E-state index is -0.597. The second-order valence-electron chi connectivity index (χ2n) is 7.88. The minimum absolute atomic E-state index is 0. The molecule has 2 aliphatic carbocycles. The number of hydrogen-bond donors (Lipinski definition) is 0. The summed E-state index contributed by atoms with van der Waals surface area (Å²) in [6.07, 6.45) is 16.7. The molecule has 0 amide bonds. The predicted octanol–water partition coefficient (Wildman–Crippen LogP) is 5.95. The van der Waals surface area contributed by atoms with E-state index in [4.69, 9.17) is 5.10 Å². The molecule has 3 aromatic rings. The van der Waals surface area contributed by atoms with E-state index in [9.17, 15) is 0 Å². The Morgan fingerprint density at radius 2 is 1.24 bits per heavy atom. The molecular formula is C29H29FeN2P+2. The van der Waals surface area contributed by atoms with Crippen molar-refractivity contribution in [2.24, 2.45) is 0 Å². The normalized spacial score (nSPS) is 17.5. The van der Waals surface area contributed by atoms with Crippen LogP contribution in [0, 0.1) is 76.8 Å². The van der Waals surface area contributed by atoms with Gasteiger partial charge < -0.3 is 0 Å². The molecule has 1 aromatic heterocycles. The second-order valence-corrected chi connectivity index (χ2v) is 10.1. The van der Waals surface area contributed by atoms with Gasteiger partial charge >= 0.3 is 17.1 Å². The first kappa shape index (κ1) is 26.2. The molecule has 2 saturated carbocycles. The van der Waals surface area contributed by atoms with Crippen LogP contribution in [0.15, 0.2) is 66.7 Å². The third-order valence-corrected chi connectivity index (χ3v) is 8.03. The molecule has 0 saturated heterocycles. The molecule has 0 unspecified atom stereocenters. The summed E-state index contributed by atoms with van der Waals surface area (Å²) < 4.78 is 2.15. The van der Waals surface area contributed by atoms with Crippen LogP contribution in [0.25, 0.3) is 0 Å². The van der Waals surface area contributed by atoms with Crippen LogP contribution in [0.1, 0.15) is 24.4 Å². The SMILES string of the molecule is Cc1cc(C)n([C@H](C)[C]2[CH][CH][CH][C]2P(c2ccccc2)c2ccccc2)n1.[CH]1[CH][CH][CH][CH]1.[Fe+2]. The first-order chi connectivity index (χ1) is 15.6. The van der Waals surface area contributed by atoms with Gasteiger partial charge in [0.05, 0.1) is 11.7 Å². The molecule has 4 heteroatoms. The van der Waals surface area contributed by atoms with Crippen molar-refractivity contribution in [3.63, 3.8) is 0 Å². The Morgan fingerprint density at radius 3 is 1.70 bits per heavy atom. The van der Waals surface area contributed by atoms with E-state index >= 15 is 0 Å². The first-order valence-electron chi connectivity index (χ1n) is 11.0. The van der Waals surface area contributed by atoms with Gasteiger partial charge in [-0.15, -0.1) is 0 Å². The quantitative estimate of drug-likeness (QED) is 0.318. The largest absolute Gasteiger partial charge is 2.00 e. The zero-order valence-corrected chi connectivity index (χ0v) is 21.2. The van der Waals surface area contributed by atoms with Crippen molar-refractivity contribution < 1.29 is 17.1 Å². The summed E-state index contributed by atoms with van der Waals surface area (Å²) in [7, 11) is -0.597. The fourth-order valence-electron chi connectivity index (χ4n) is 4.05. The maximum atomic E-state index is 4.74. The summed E-state index contributed by atoms with van der Waals surface area (Å²) in [5.41, 5.74) is 3.69. The van der Waals surface area contributed by atoms with Crippen molar-refractivity contribution >= 4 is 18.5 Å². The average Bonchev–Trinajstić information content (AvgIpc) is 3.59. The molecule has 0 spiro atoms. The molecule has 10 radical (unpaired) electrons. The summed E-state index contributed by atoms with van der Waals surface area (Å²) in [5, 5.41) is 7.50. The van der Waals surface area contributed by atoms with Crippen LogP contribution < -0.4 is 10.6 Å². The van der Waals surface area contributed by atoms with Crippen LogP contribution in [-0.2, 0) is 17.1 Å². The van der Waals surface area contributed by atoms with Crippen molar-refractivity contribution in [3.8, 4) is 0 Å². The van der Waals surface area contributed by atoms with Crippen LogP contribution in [0.2, 0.25) is 0 Å². The Balaban J connectivity index is 0.000000453. The van der Waals surface area contributed by atoms with Crippen LogP contribution in [0.5, 0.6) is 0 Å². The molecule has 5 rings (SSSR count). The maximum absolute atomic E-state index is 4.74. The van der Waals surface area contributed by atoms with Gasteiger partial charge in [0, 0.05) is 17.3 Å². The predicted molar refractivity (Wildman–Crippen MR) is 136 cm³/mol. The molecule has 1 heterocycles. The molecule has 1 atom stereocenters. The molecule has 2 nitrogen and oxygen atoms in total. The van der Waals surface area contributed by atoms with Gasteiger partial charge in [0.15, 0.2) is 0 Å². The standard InChI is InChI=1S/C24H24N2P.C5H5.Fe/c1-18-17-19(2)26(25-18)20(3)23-15-10-16-24(23)27(21-11-6-4-7-12-21)22-13-8-5-9-14-22;1-2-4-5-3-1;/h4-17,20H,1-3H3;1-5H;/q;;+2/t20-;;/m1../s1. The van der Waals surface area contributed by atoms with E-state index in [2.05, 4.69) is 111 Å². The number of aryl methyl sites for hydroxylation is 2. The van der Waals surface area contributed by atoms with Crippen molar-refractivity contribution in [3.05, 3.63) is 141 Å². The van der Waals surface area contributed by atoms with Crippen LogP contribution in [-0.4, -0.2) is 9.78 Å². The van der Waals surface area contributed by atoms with Gasteiger partial charge in [-0.1, -0.05) is 60.7 Å². The molecule has 2 fully saturated rings. The van der Waals surface area contributed by atoms with E-state index in [0.29, 0.717) is 0 Å². The van der Waals surface area contributed by atoms with Gasteiger partial charge in [-0.3, -0.25) is 4.68 Å². The minimum Gasteiger partial charge on any atom is -0.266 e. The van der Waals surface area contributed by atoms with Gasteiger partial charge in [0.25, 0.3) is 0 Å². The molecule has 0 bridgehead atoms. The zero-order chi connectivity index (χ0) is 22.3. The number of hydrogen-bond acceptors (Lipinski definition) is 1. The van der Waals surface area contributed by atoms with Crippen molar-refractivity contribution in [1.29, 1.82) is 0 Å². The van der Waals surface area contributed by atoms with Crippen molar-refractivity contribution in [1.82, 2.24) is 9.78 Å². The third kappa shape index (κ3) is 6.60. The van der Waals surface area contributed by atoms with Crippen LogP contribution >= 0.6 is 7.92 Å². The Kier molecular flexibility index (Phi) is 10.2. The molecule has 2 aromatic carbocycles. The van der Waals surface area contributed by atoms with Crippen LogP contribution in [0.3, 0.4) is 0 Å². The summed E-state index contributed by atoms with van der Waals surface area (Å²) >= 11 is 0. The van der Waals surface area contributed by atoms with E-state index in [1.54, 1.807) is 0 Å². The molecule has 0 N–H and O–H groups in total. The Labute approximate surface area is 212 Å². The second kappa shape index (κ2) is 12.9. The topological polar surface area (TPSA) is 17.8 Å². The van der Waals surface area contributed by atoms with Crippen molar-refractivity contribution in [2.45, 2.75) is 26.8 Å². The van der Waals surface area contributed by atoms with E-state index in [-0.39, 0.29) is 23.1 Å². The van der Waals surface area contributed by atoms with Gasteiger partial charge in [-0.2, -0.15) is 5.10 Å². The summed E-state index contributed by atoms with van der Waals surface area (Å²) in [4.78, 5) is 0. The summed E-state index contributed by atoms with van der Waals surface area (Å²) in [6, 6.07) is 24.1. The van der Waals surface area contributed by atoms with E-state index < -0.39 is 7.92 Å². The zero-order valence-electron chi connectivity index (χ0n) is 19.2. The Bertz CT molecular complexity index is 905. The number of nitrogens with zero attached hydrogens (tertiary/aromatic N) is 2. The van der Waals surface area contributed by atoms with Gasteiger partial charge in [-0.05, 0) is 96.7 Å². The number of rotatable bonds is 5. The maximum Gasteiger partial charge on any atom is 2.00 e. The van der Waals surface area contributed by atoms with Gasteiger partial charge in [0.1, 0.15) is 0 Å². The Morgan fingerprint density at radius 1 is 0.727 bits per heavy atom. The average molecular weight is 492 g/mol. The van der Waals surface area contributed by atoms with E-state index in [1.807, 2.05) is 32.1 Å². The summed E-state index contributed by atoms with van der Waals surface area (Å²) in [6.45, 7) is 6.45. The van der Waals surface area contributed by atoms with E-state index in [0.717, 1.165) is 5.69 Å².